The molecule has 88 valence electrons. The highest BCUT2D eigenvalue weighted by Gasteiger charge is 2.03. The van der Waals surface area contributed by atoms with Crippen LogP contribution in [0.5, 0.6) is 5.75 Å². The van der Waals surface area contributed by atoms with E-state index in [9.17, 15) is 9.90 Å². The van der Waals surface area contributed by atoms with Crippen molar-refractivity contribution in [1.82, 2.24) is 0 Å². The van der Waals surface area contributed by atoms with E-state index in [1.54, 1.807) is 24.3 Å². The lowest BCUT2D eigenvalue weighted by molar-refractivity contribution is -0.114. The summed E-state index contributed by atoms with van der Waals surface area (Å²) in [6, 6.07) is 7.03. The number of ether oxygens (including phenoxy) is 1. The van der Waals surface area contributed by atoms with Crippen LogP contribution in [0.25, 0.3) is 0 Å². The molecule has 1 amide bonds. The van der Waals surface area contributed by atoms with Gasteiger partial charge in [0.15, 0.2) is 0 Å². The van der Waals surface area contributed by atoms with Gasteiger partial charge in [0, 0.05) is 24.0 Å². The topological polar surface area (TPSA) is 58.6 Å². The van der Waals surface area contributed by atoms with Crippen molar-refractivity contribution < 1.29 is 14.6 Å². The summed E-state index contributed by atoms with van der Waals surface area (Å²) in [5, 5.41) is 12.4. The molecule has 2 N–H and O–H groups in total. The number of benzene rings is 1. The lowest BCUT2D eigenvalue weighted by atomic mass is 10.3. The van der Waals surface area contributed by atoms with Gasteiger partial charge in [0.25, 0.3) is 0 Å². The molecule has 1 aromatic carbocycles. The van der Waals surface area contributed by atoms with Crippen LogP contribution in [0.1, 0.15) is 6.92 Å². The lowest BCUT2D eigenvalue weighted by Gasteiger charge is -2.10. The molecule has 1 aromatic rings. The number of rotatable bonds is 5. The van der Waals surface area contributed by atoms with E-state index in [1.165, 1.54) is 6.92 Å². The maximum absolute atomic E-state index is 10.8. The van der Waals surface area contributed by atoms with Crippen molar-refractivity contribution in [2.24, 2.45) is 0 Å². The second-order valence-electron chi connectivity index (χ2n) is 3.33. The average molecular weight is 288 g/mol. The molecule has 1 atom stereocenters. The molecule has 0 radical (unpaired) electrons. The Morgan fingerprint density at radius 1 is 1.62 bits per heavy atom. The number of carbonyl (C=O) groups is 1. The molecule has 5 heteroatoms. The van der Waals surface area contributed by atoms with Crippen molar-refractivity contribution in [3.8, 4) is 5.75 Å². The summed E-state index contributed by atoms with van der Waals surface area (Å²) in [5.74, 6) is 0.490. The van der Waals surface area contributed by atoms with Crippen molar-refractivity contribution in [3.63, 3.8) is 0 Å². The monoisotopic (exact) mass is 287 g/mol. The Morgan fingerprint density at radius 2 is 2.38 bits per heavy atom. The molecule has 0 fully saturated rings. The van der Waals surface area contributed by atoms with Gasteiger partial charge in [-0.3, -0.25) is 4.79 Å². The predicted octanol–water partition coefficient (Wildman–Crippen LogP) is 1.78. The number of aliphatic hydroxyl groups is 1. The summed E-state index contributed by atoms with van der Waals surface area (Å²) in [7, 11) is 0. The van der Waals surface area contributed by atoms with E-state index < -0.39 is 6.10 Å². The Labute approximate surface area is 103 Å². The van der Waals surface area contributed by atoms with E-state index in [0.717, 1.165) is 0 Å². The van der Waals surface area contributed by atoms with Gasteiger partial charge in [0.1, 0.15) is 12.4 Å². The highest BCUT2D eigenvalue weighted by Crippen LogP contribution is 2.17. The van der Waals surface area contributed by atoms with Crippen LogP contribution in [-0.4, -0.2) is 29.1 Å². The number of halogens is 1. The summed E-state index contributed by atoms with van der Waals surface area (Å²) < 4.78 is 5.35. The molecular weight excluding hydrogens is 274 g/mol. The highest BCUT2D eigenvalue weighted by atomic mass is 79.9. The molecule has 0 spiro atoms. The third-order valence-corrected chi connectivity index (χ3v) is 2.52. The number of hydrogen-bond donors (Lipinski definition) is 2. The first-order chi connectivity index (χ1) is 7.61. The van der Waals surface area contributed by atoms with Crippen LogP contribution < -0.4 is 10.1 Å². The molecule has 0 bridgehead atoms. The van der Waals surface area contributed by atoms with Crippen LogP contribution in [-0.2, 0) is 4.79 Å². The predicted molar refractivity (Wildman–Crippen MR) is 66.0 cm³/mol. The zero-order valence-corrected chi connectivity index (χ0v) is 10.5. The minimum atomic E-state index is -0.538. The fourth-order valence-corrected chi connectivity index (χ4v) is 1.29. The number of amides is 1. The largest absolute Gasteiger partial charge is 0.491 e. The Balaban J connectivity index is 2.56. The number of alkyl halides is 1. The van der Waals surface area contributed by atoms with Gasteiger partial charge < -0.3 is 15.2 Å². The van der Waals surface area contributed by atoms with Crippen LogP contribution in [0, 0.1) is 0 Å². The molecule has 0 aliphatic heterocycles. The van der Waals surface area contributed by atoms with Crippen LogP contribution in [0.15, 0.2) is 24.3 Å². The van der Waals surface area contributed by atoms with Crippen molar-refractivity contribution in [3.05, 3.63) is 24.3 Å². The SMILES string of the molecule is CC(=O)Nc1cccc(OCC(O)CBr)c1. The summed E-state index contributed by atoms with van der Waals surface area (Å²) in [5.41, 5.74) is 0.679. The van der Waals surface area contributed by atoms with Gasteiger partial charge in [0.2, 0.25) is 5.91 Å². The summed E-state index contributed by atoms with van der Waals surface area (Å²) in [4.78, 5) is 10.8. The zero-order valence-electron chi connectivity index (χ0n) is 8.94. The van der Waals surface area contributed by atoms with E-state index in [-0.39, 0.29) is 12.5 Å². The van der Waals surface area contributed by atoms with Gasteiger partial charge in [-0.15, -0.1) is 0 Å². The average Bonchev–Trinajstić information content (AvgIpc) is 2.25. The molecule has 16 heavy (non-hydrogen) atoms. The van der Waals surface area contributed by atoms with Crippen molar-refractivity contribution in [1.29, 1.82) is 0 Å². The minimum Gasteiger partial charge on any atom is -0.491 e. The summed E-state index contributed by atoms with van der Waals surface area (Å²) in [6.07, 6.45) is -0.538. The molecular formula is C11H14BrNO3. The van der Waals surface area contributed by atoms with Crippen molar-refractivity contribution in [2.45, 2.75) is 13.0 Å². The number of aliphatic hydroxyl groups excluding tert-OH is 1. The quantitative estimate of drug-likeness (QED) is 0.812. The summed E-state index contributed by atoms with van der Waals surface area (Å²) >= 11 is 3.15. The summed E-state index contributed by atoms with van der Waals surface area (Å²) in [6.45, 7) is 1.66. The van der Waals surface area contributed by atoms with Gasteiger partial charge in [-0.05, 0) is 12.1 Å². The maximum atomic E-state index is 10.8. The van der Waals surface area contributed by atoms with E-state index in [0.29, 0.717) is 16.8 Å². The van der Waals surface area contributed by atoms with E-state index >= 15 is 0 Å². The third kappa shape index (κ3) is 4.63. The van der Waals surface area contributed by atoms with E-state index in [2.05, 4.69) is 21.2 Å². The Kier molecular flexibility index (Phi) is 5.28. The smallest absolute Gasteiger partial charge is 0.221 e. The molecule has 4 nitrogen and oxygen atoms in total. The van der Waals surface area contributed by atoms with E-state index in [4.69, 9.17) is 4.74 Å². The fraction of sp³-hybridized carbons (Fsp3) is 0.364. The second kappa shape index (κ2) is 6.50. The van der Waals surface area contributed by atoms with Gasteiger partial charge in [-0.1, -0.05) is 22.0 Å². The molecule has 0 aliphatic carbocycles. The lowest BCUT2D eigenvalue weighted by Crippen LogP contribution is -2.18. The first-order valence-electron chi connectivity index (χ1n) is 4.86. The Bertz CT molecular complexity index is 357. The van der Waals surface area contributed by atoms with Crippen LogP contribution in [0.2, 0.25) is 0 Å². The minimum absolute atomic E-state index is 0.127. The zero-order chi connectivity index (χ0) is 12.0. The van der Waals surface area contributed by atoms with Crippen LogP contribution in [0.4, 0.5) is 5.69 Å². The van der Waals surface area contributed by atoms with Gasteiger partial charge in [0.05, 0.1) is 6.10 Å². The number of nitrogens with one attached hydrogen (secondary N) is 1. The first-order valence-corrected chi connectivity index (χ1v) is 5.98. The molecule has 0 saturated carbocycles. The van der Waals surface area contributed by atoms with Crippen molar-refractivity contribution in [2.75, 3.05) is 17.3 Å². The Morgan fingerprint density at radius 3 is 3.00 bits per heavy atom. The second-order valence-corrected chi connectivity index (χ2v) is 3.98. The Hall–Kier alpha value is -1.07. The standard InChI is InChI=1S/C11H14BrNO3/c1-8(14)13-9-3-2-4-11(5-9)16-7-10(15)6-12/h2-5,10,15H,6-7H2,1H3,(H,13,14). The molecule has 0 aliphatic rings. The molecule has 0 heterocycles. The van der Waals surface area contributed by atoms with Gasteiger partial charge >= 0.3 is 0 Å². The number of anilines is 1. The van der Waals surface area contributed by atoms with Crippen LogP contribution in [0.3, 0.4) is 0 Å². The molecule has 0 saturated heterocycles. The number of hydrogen-bond acceptors (Lipinski definition) is 3. The van der Waals surface area contributed by atoms with Crippen molar-refractivity contribution >= 4 is 27.5 Å². The van der Waals surface area contributed by atoms with Gasteiger partial charge in [-0.25, -0.2) is 0 Å². The maximum Gasteiger partial charge on any atom is 0.221 e. The molecule has 1 unspecified atom stereocenters. The molecule has 0 aromatic heterocycles. The van der Waals surface area contributed by atoms with Gasteiger partial charge in [-0.2, -0.15) is 0 Å². The van der Waals surface area contributed by atoms with E-state index in [1.807, 2.05) is 0 Å². The highest BCUT2D eigenvalue weighted by molar-refractivity contribution is 9.09. The number of carbonyl (C=O) groups excluding carboxylic acids is 1. The molecule has 1 rings (SSSR count). The van der Waals surface area contributed by atoms with Crippen LogP contribution >= 0.6 is 15.9 Å². The third-order valence-electron chi connectivity index (χ3n) is 1.77. The fourth-order valence-electron chi connectivity index (χ4n) is 1.10. The normalized spacial score (nSPS) is 11.9. The first kappa shape index (κ1) is 13.0.